The number of nitrogens with zero attached hydrogens (tertiary/aromatic N) is 5. The highest BCUT2D eigenvalue weighted by Crippen LogP contribution is 2.23. The molecule has 1 saturated heterocycles. The number of hydrogen-bond donors (Lipinski definition) is 1. The van der Waals surface area contributed by atoms with Crippen LogP contribution in [0.25, 0.3) is 11.3 Å². The fourth-order valence-electron chi connectivity index (χ4n) is 3.84. The summed E-state index contributed by atoms with van der Waals surface area (Å²) in [6.07, 6.45) is 6.98. The fraction of sp³-hybridized carbons (Fsp3) is 0.417. The predicted octanol–water partition coefficient (Wildman–Crippen LogP) is 3.50. The summed E-state index contributed by atoms with van der Waals surface area (Å²) in [5, 5.41) is 7.32. The molecule has 1 amide bonds. The molecule has 0 bridgehead atoms. The number of aromatic nitrogens is 4. The van der Waals surface area contributed by atoms with Crippen LogP contribution in [-0.4, -0.2) is 55.9 Å². The van der Waals surface area contributed by atoms with Gasteiger partial charge in [0.1, 0.15) is 0 Å². The molecule has 0 radical (unpaired) electrons. The SMILES string of the molecule is Cc1cc(-c2ccnc(Nc3cnn(C)c3)n2)ccc1CCC(=O)N1CC(OC(C)C)C1. The van der Waals surface area contributed by atoms with Crippen molar-refractivity contribution in [2.75, 3.05) is 18.4 Å². The standard InChI is InChI=1S/C24H30N6O2/c1-16(2)32-21-14-30(15-21)23(31)8-7-18-5-6-19(11-17(18)3)22-9-10-25-24(28-22)27-20-12-26-29(4)13-20/h5-6,9-13,16,21H,7-8,14-15H2,1-4H3,(H,25,27,28). The lowest BCUT2D eigenvalue weighted by atomic mass is 9.99. The van der Waals surface area contributed by atoms with Gasteiger partial charge in [-0.1, -0.05) is 12.1 Å². The van der Waals surface area contributed by atoms with E-state index in [9.17, 15) is 4.79 Å². The van der Waals surface area contributed by atoms with E-state index < -0.39 is 0 Å². The number of ether oxygens (including phenoxy) is 1. The van der Waals surface area contributed by atoms with Crippen LogP contribution < -0.4 is 5.32 Å². The second kappa shape index (κ2) is 9.48. The molecule has 2 aromatic heterocycles. The van der Waals surface area contributed by atoms with E-state index in [-0.39, 0.29) is 18.1 Å². The van der Waals surface area contributed by atoms with E-state index in [1.54, 1.807) is 17.1 Å². The zero-order valence-electron chi connectivity index (χ0n) is 19.1. The molecule has 3 aromatic rings. The zero-order valence-corrected chi connectivity index (χ0v) is 19.1. The van der Waals surface area contributed by atoms with Crippen molar-refractivity contribution in [2.45, 2.75) is 45.8 Å². The van der Waals surface area contributed by atoms with Gasteiger partial charge >= 0.3 is 0 Å². The van der Waals surface area contributed by atoms with Crippen molar-refractivity contribution in [3.05, 3.63) is 54.0 Å². The van der Waals surface area contributed by atoms with Gasteiger partial charge in [0.2, 0.25) is 11.9 Å². The molecule has 0 spiro atoms. The lowest BCUT2D eigenvalue weighted by molar-refractivity contribution is -0.148. The second-order valence-corrected chi connectivity index (χ2v) is 8.54. The van der Waals surface area contributed by atoms with Crippen LogP contribution in [0, 0.1) is 6.92 Å². The van der Waals surface area contributed by atoms with Crippen LogP contribution in [0.1, 0.15) is 31.4 Å². The highest BCUT2D eigenvalue weighted by Gasteiger charge is 2.31. The number of hydrogen-bond acceptors (Lipinski definition) is 6. The summed E-state index contributed by atoms with van der Waals surface area (Å²) in [6, 6.07) is 8.16. The monoisotopic (exact) mass is 434 g/mol. The fourth-order valence-corrected chi connectivity index (χ4v) is 3.84. The Labute approximate surface area is 188 Å². The quantitative estimate of drug-likeness (QED) is 0.584. The topological polar surface area (TPSA) is 85.2 Å². The number of likely N-dealkylation sites (tertiary alicyclic amines) is 1. The van der Waals surface area contributed by atoms with Gasteiger partial charge in [-0.05, 0) is 50.5 Å². The summed E-state index contributed by atoms with van der Waals surface area (Å²) in [5.41, 5.74) is 5.03. The van der Waals surface area contributed by atoms with Gasteiger partial charge in [-0.15, -0.1) is 0 Å². The third kappa shape index (κ3) is 5.31. The number of aryl methyl sites for hydroxylation is 3. The van der Waals surface area contributed by atoms with Gasteiger partial charge in [-0.3, -0.25) is 9.48 Å². The van der Waals surface area contributed by atoms with E-state index in [2.05, 4.69) is 45.5 Å². The maximum atomic E-state index is 12.5. The summed E-state index contributed by atoms with van der Waals surface area (Å²) in [5.74, 6) is 0.719. The number of amides is 1. The summed E-state index contributed by atoms with van der Waals surface area (Å²) in [7, 11) is 1.86. The summed E-state index contributed by atoms with van der Waals surface area (Å²) in [6.45, 7) is 7.54. The Kier molecular flexibility index (Phi) is 6.50. The van der Waals surface area contributed by atoms with Gasteiger partial charge in [-0.2, -0.15) is 5.10 Å². The highest BCUT2D eigenvalue weighted by molar-refractivity contribution is 5.77. The van der Waals surface area contributed by atoms with Gasteiger partial charge in [0.15, 0.2) is 0 Å². The van der Waals surface area contributed by atoms with Crippen LogP contribution in [0.4, 0.5) is 11.6 Å². The van der Waals surface area contributed by atoms with Crippen molar-refractivity contribution < 1.29 is 9.53 Å². The first kappa shape index (κ1) is 22.0. The lowest BCUT2D eigenvalue weighted by Gasteiger charge is -2.40. The second-order valence-electron chi connectivity index (χ2n) is 8.54. The van der Waals surface area contributed by atoms with E-state index >= 15 is 0 Å². The Morgan fingerprint density at radius 1 is 1.28 bits per heavy atom. The van der Waals surface area contributed by atoms with E-state index in [4.69, 9.17) is 4.74 Å². The number of carbonyl (C=O) groups excluding carboxylic acids is 1. The average molecular weight is 435 g/mol. The van der Waals surface area contributed by atoms with Crippen molar-refractivity contribution in [3.63, 3.8) is 0 Å². The average Bonchev–Trinajstić information content (AvgIpc) is 3.13. The Balaban J connectivity index is 1.35. The third-order valence-electron chi connectivity index (χ3n) is 5.53. The van der Waals surface area contributed by atoms with Gasteiger partial charge in [0.25, 0.3) is 0 Å². The van der Waals surface area contributed by atoms with Crippen molar-refractivity contribution in [1.29, 1.82) is 0 Å². The Bertz CT molecular complexity index is 1090. The van der Waals surface area contributed by atoms with Crippen molar-refractivity contribution in [1.82, 2.24) is 24.6 Å². The Morgan fingerprint density at radius 3 is 2.78 bits per heavy atom. The molecule has 1 fully saturated rings. The molecule has 8 heteroatoms. The Hall–Kier alpha value is -3.26. The smallest absolute Gasteiger partial charge is 0.227 e. The van der Waals surface area contributed by atoms with Crippen molar-refractivity contribution in [2.24, 2.45) is 7.05 Å². The summed E-state index contributed by atoms with van der Waals surface area (Å²) < 4.78 is 7.45. The molecule has 0 saturated carbocycles. The zero-order chi connectivity index (χ0) is 22.7. The van der Waals surface area contributed by atoms with E-state index in [0.29, 0.717) is 25.5 Å². The summed E-state index contributed by atoms with van der Waals surface area (Å²) in [4.78, 5) is 23.3. The minimum Gasteiger partial charge on any atom is -0.372 e. The number of rotatable bonds is 8. The molecular weight excluding hydrogens is 404 g/mol. The molecule has 1 aliphatic rings. The molecular formula is C24H30N6O2. The lowest BCUT2D eigenvalue weighted by Crippen LogP contribution is -2.55. The molecule has 0 aliphatic carbocycles. The van der Waals surface area contributed by atoms with Crippen molar-refractivity contribution in [3.8, 4) is 11.3 Å². The largest absolute Gasteiger partial charge is 0.372 e. The molecule has 8 nitrogen and oxygen atoms in total. The van der Waals surface area contributed by atoms with Gasteiger partial charge in [0, 0.05) is 44.5 Å². The highest BCUT2D eigenvalue weighted by atomic mass is 16.5. The molecule has 32 heavy (non-hydrogen) atoms. The van der Waals surface area contributed by atoms with E-state index in [1.165, 1.54) is 5.56 Å². The van der Waals surface area contributed by atoms with Crippen LogP contribution in [0.15, 0.2) is 42.9 Å². The molecule has 3 heterocycles. The van der Waals surface area contributed by atoms with E-state index in [0.717, 1.165) is 28.9 Å². The number of nitrogens with one attached hydrogen (secondary N) is 1. The molecule has 1 N–H and O–H groups in total. The van der Waals surface area contributed by atoms with Gasteiger partial charge in [0.05, 0.1) is 29.8 Å². The van der Waals surface area contributed by atoms with E-state index in [1.807, 2.05) is 38.1 Å². The van der Waals surface area contributed by atoms with Crippen LogP contribution in [0.3, 0.4) is 0 Å². The van der Waals surface area contributed by atoms with Crippen molar-refractivity contribution >= 4 is 17.5 Å². The van der Waals surface area contributed by atoms with Crippen LogP contribution >= 0.6 is 0 Å². The third-order valence-corrected chi connectivity index (χ3v) is 5.53. The normalized spacial score (nSPS) is 14.0. The predicted molar refractivity (Wildman–Crippen MR) is 124 cm³/mol. The number of anilines is 2. The first-order chi connectivity index (χ1) is 15.4. The number of benzene rings is 1. The van der Waals surface area contributed by atoms with Crippen LogP contribution in [0.2, 0.25) is 0 Å². The minimum absolute atomic E-state index is 0.186. The summed E-state index contributed by atoms with van der Waals surface area (Å²) >= 11 is 0. The minimum atomic E-state index is 0.186. The molecule has 1 aliphatic heterocycles. The van der Waals surface area contributed by atoms with Crippen LogP contribution in [0.5, 0.6) is 0 Å². The molecule has 168 valence electrons. The maximum absolute atomic E-state index is 12.5. The first-order valence-corrected chi connectivity index (χ1v) is 11.0. The Morgan fingerprint density at radius 2 is 2.09 bits per heavy atom. The maximum Gasteiger partial charge on any atom is 0.227 e. The number of carbonyl (C=O) groups is 1. The molecule has 4 rings (SSSR count). The van der Waals surface area contributed by atoms with Crippen LogP contribution in [-0.2, 0) is 23.0 Å². The molecule has 0 unspecified atom stereocenters. The van der Waals surface area contributed by atoms with Gasteiger partial charge in [-0.25, -0.2) is 9.97 Å². The first-order valence-electron chi connectivity index (χ1n) is 11.0. The molecule has 0 atom stereocenters. The van der Waals surface area contributed by atoms with Gasteiger partial charge < -0.3 is 15.0 Å². The molecule has 1 aromatic carbocycles.